The molecule has 2 aromatic rings. The molecule has 0 aliphatic carbocycles. The van der Waals surface area contributed by atoms with Crippen LogP contribution in [0.2, 0.25) is 0 Å². The van der Waals surface area contributed by atoms with Crippen molar-refractivity contribution in [2.24, 2.45) is 0 Å². The molecule has 3 nitrogen and oxygen atoms in total. The number of rotatable bonds is 6. The van der Waals surface area contributed by atoms with Gasteiger partial charge in [0.05, 0.1) is 11.3 Å². The second kappa shape index (κ2) is 6.93. The fourth-order valence-electron chi connectivity index (χ4n) is 2.49. The summed E-state index contributed by atoms with van der Waals surface area (Å²) in [6.07, 6.45) is 4.57. The van der Waals surface area contributed by atoms with Gasteiger partial charge in [0.2, 0.25) is 5.88 Å². The van der Waals surface area contributed by atoms with Crippen LogP contribution in [0.25, 0.3) is 11.1 Å². The molecule has 1 aromatic heterocycles. The Morgan fingerprint density at radius 2 is 1.95 bits per heavy atom. The molecule has 0 amide bonds. The number of benzene rings is 1. The highest BCUT2D eigenvalue weighted by molar-refractivity contribution is 9.10. The zero-order valence-corrected chi connectivity index (χ0v) is 13.6. The molecule has 0 spiro atoms. The van der Waals surface area contributed by atoms with Crippen LogP contribution >= 0.6 is 15.9 Å². The lowest BCUT2D eigenvalue weighted by Crippen LogP contribution is -2.00. The van der Waals surface area contributed by atoms with Gasteiger partial charge in [-0.25, -0.2) is 0 Å². The maximum Gasteiger partial charge on any atom is 0.230 e. The summed E-state index contributed by atoms with van der Waals surface area (Å²) in [5.74, 6) is 0.826. The third kappa shape index (κ3) is 3.23. The summed E-state index contributed by atoms with van der Waals surface area (Å²) < 4.78 is 6.31. The van der Waals surface area contributed by atoms with E-state index in [-0.39, 0.29) is 0 Å². The predicted molar refractivity (Wildman–Crippen MR) is 86.6 cm³/mol. The summed E-state index contributed by atoms with van der Waals surface area (Å²) in [4.78, 5) is 0. The second-order valence-corrected chi connectivity index (χ2v) is 5.98. The number of halogens is 1. The van der Waals surface area contributed by atoms with Crippen LogP contribution in [-0.4, -0.2) is 5.16 Å². The molecule has 20 heavy (non-hydrogen) atoms. The van der Waals surface area contributed by atoms with Gasteiger partial charge in [-0.05, 0) is 30.5 Å². The molecule has 2 rings (SSSR count). The summed E-state index contributed by atoms with van der Waals surface area (Å²) in [7, 11) is 0. The van der Waals surface area contributed by atoms with Crippen LogP contribution in [0.1, 0.15) is 51.1 Å². The highest BCUT2D eigenvalue weighted by atomic mass is 79.9. The minimum absolute atomic E-state index is 0.412. The highest BCUT2D eigenvalue weighted by Gasteiger charge is 2.22. The lowest BCUT2D eigenvalue weighted by atomic mass is 9.91. The molecular weight excluding hydrogens is 316 g/mol. The molecule has 0 aliphatic rings. The molecule has 108 valence electrons. The van der Waals surface area contributed by atoms with Gasteiger partial charge in [0.1, 0.15) is 0 Å². The maximum absolute atomic E-state index is 5.99. The molecule has 4 heteroatoms. The van der Waals surface area contributed by atoms with Crippen molar-refractivity contribution in [3.63, 3.8) is 0 Å². The first-order valence-corrected chi connectivity index (χ1v) is 7.97. The Hall–Kier alpha value is -1.29. The van der Waals surface area contributed by atoms with E-state index in [2.05, 4.69) is 34.9 Å². The Morgan fingerprint density at radius 3 is 2.55 bits per heavy atom. The van der Waals surface area contributed by atoms with Gasteiger partial charge in [-0.15, -0.1) is 0 Å². The van der Waals surface area contributed by atoms with E-state index in [1.54, 1.807) is 0 Å². The van der Waals surface area contributed by atoms with Gasteiger partial charge in [0.15, 0.2) is 0 Å². The van der Waals surface area contributed by atoms with Gasteiger partial charge in [0.25, 0.3) is 0 Å². The maximum atomic E-state index is 5.99. The van der Waals surface area contributed by atoms with Gasteiger partial charge < -0.3 is 10.3 Å². The predicted octanol–water partition coefficient (Wildman–Crippen LogP) is 5.37. The van der Waals surface area contributed by atoms with Gasteiger partial charge >= 0.3 is 0 Å². The molecule has 0 saturated heterocycles. The molecule has 1 atom stereocenters. The summed E-state index contributed by atoms with van der Waals surface area (Å²) >= 11 is 3.45. The number of nitrogen functional groups attached to an aromatic ring is 1. The lowest BCUT2D eigenvalue weighted by molar-refractivity contribution is 0.412. The summed E-state index contributed by atoms with van der Waals surface area (Å²) in [6.45, 7) is 4.40. The number of hydrogen-bond acceptors (Lipinski definition) is 3. The first-order chi connectivity index (χ1) is 9.67. The number of unbranched alkanes of at least 4 members (excludes halogenated alkanes) is 1. The van der Waals surface area contributed by atoms with Crippen molar-refractivity contribution in [1.82, 2.24) is 5.16 Å². The Kier molecular flexibility index (Phi) is 5.24. The van der Waals surface area contributed by atoms with E-state index in [0.29, 0.717) is 11.8 Å². The van der Waals surface area contributed by atoms with Crippen LogP contribution in [-0.2, 0) is 0 Å². The molecule has 0 radical (unpaired) electrons. The fourth-order valence-corrected chi connectivity index (χ4v) is 2.75. The Labute approximate surface area is 128 Å². The summed E-state index contributed by atoms with van der Waals surface area (Å²) in [6, 6.07) is 8.11. The molecule has 0 bridgehead atoms. The van der Waals surface area contributed by atoms with Crippen molar-refractivity contribution in [3.8, 4) is 11.1 Å². The van der Waals surface area contributed by atoms with E-state index < -0.39 is 0 Å². The topological polar surface area (TPSA) is 52.0 Å². The molecule has 0 aliphatic heterocycles. The number of anilines is 1. The fraction of sp³-hybridized carbons (Fsp3) is 0.438. The number of nitrogens with zero attached hydrogens (tertiary/aromatic N) is 1. The van der Waals surface area contributed by atoms with Crippen LogP contribution < -0.4 is 5.73 Å². The highest BCUT2D eigenvalue weighted by Crippen LogP contribution is 2.37. The Morgan fingerprint density at radius 1 is 1.25 bits per heavy atom. The van der Waals surface area contributed by atoms with Crippen LogP contribution in [0.4, 0.5) is 5.88 Å². The van der Waals surface area contributed by atoms with E-state index >= 15 is 0 Å². The Balaban J connectivity index is 2.37. The average Bonchev–Trinajstić information content (AvgIpc) is 2.83. The molecule has 0 fully saturated rings. The van der Waals surface area contributed by atoms with Crippen molar-refractivity contribution in [2.45, 2.75) is 45.4 Å². The minimum Gasteiger partial charge on any atom is -0.367 e. The van der Waals surface area contributed by atoms with Crippen LogP contribution in [0.5, 0.6) is 0 Å². The van der Waals surface area contributed by atoms with Crippen LogP contribution in [0.3, 0.4) is 0 Å². The molecule has 1 aromatic carbocycles. The van der Waals surface area contributed by atoms with Gasteiger partial charge in [-0.1, -0.05) is 59.9 Å². The smallest absolute Gasteiger partial charge is 0.230 e. The third-order valence-corrected chi connectivity index (χ3v) is 4.19. The molecule has 1 heterocycles. The first kappa shape index (κ1) is 15.1. The average molecular weight is 337 g/mol. The quantitative estimate of drug-likeness (QED) is 0.771. The zero-order chi connectivity index (χ0) is 14.5. The van der Waals surface area contributed by atoms with Crippen molar-refractivity contribution in [1.29, 1.82) is 0 Å². The van der Waals surface area contributed by atoms with Crippen molar-refractivity contribution < 1.29 is 4.52 Å². The van der Waals surface area contributed by atoms with E-state index in [9.17, 15) is 0 Å². The SMILES string of the molecule is CCCCC(CC)c1noc(N)c1-c1ccc(Br)cc1. The Bertz CT molecular complexity index is 548. The molecule has 2 N–H and O–H groups in total. The van der Waals surface area contributed by atoms with E-state index in [1.807, 2.05) is 24.3 Å². The van der Waals surface area contributed by atoms with Gasteiger partial charge in [0, 0.05) is 10.4 Å². The zero-order valence-electron chi connectivity index (χ0n) is 12.0. The van der Waals surface area contributed by atoms with E-state index in [0.717, 1.165) is 34.1 Å². The summed E-state index contributed by atoms with van der Waals surface area (Å²) in [5.41, 5.74) is 9.02. The van der Waals surface area contributed by atoms with Crippen LogP contribution in [0, 0.1) is 0 Å². The lowest BCUT2D eigenvalue weighted by Gasteiger charge is -2.13. The minimum atomic E-state index is 0.412. The third-order valence-electron chi connectivity index (χ3n) is 3.66. The molecular formula is C16H21BrN2O. The monoisotopic (exact) mass is 336 g/mol. The van der Waals surface area contributed by atoms with Gasteiger partial charge in [-0.3, -0.25) is 0 Å². The molecule has 1 unspecified atom stereocenters. The number of hydrogen-bond donors (Lipinski definition) is 1. The van der Waals surface area contributed by atoms with Crippen LogP contribution in [0.15, 0.2) is 33.3 Å². The van der Waals surface area contributed by atoms with Gasteiger partial charge in [-0.2, -0.15) is 0 Å². The largest absolute Gasteiger partial charge is 0.367 e. The van der Waals surface area contributed by atoms with Crippen molar-refractivity contribution in [2.75, 3.05) is 5.73 Å². The summed E-state index contributed by atoms with van der Waals surface area (Å²) in [5, 5.41) is 4.23. The first-order valence-electron chi connectivity index (χ1n) is 7.18. The number of nitrogens with two attached hydrogens (primary N) is 1. The van der Waals surface area contributed by atoms with Crippen molar-refractivity contribution in [3.05, 3.63) is 34.4 Å². The van der Waals surface area contributed by atoms with Crippen molar-refractivity contribution >= 4 is 21.8 Å². The normalized spacial score (nSPS) is 12.6. The van der Waals surface area contributed by atoms with E-state index in [1.165, 1.54) is 12.8 Å². The standard InChI is InChI=1S/C16H21BrN2O/c1-3-5-6-11(4-2)15-14(16(18)20-19-15)12-7-9-13(17)10-8-12/h7-11H,3-6,18H2,1-2H3. The van der Waals surface area contributed by atoms with E-state index in [4.69, 9.17) is 10.3 Å². The molecule has 0 saturated carbocycles. The second-order valence-electron chi connectivity index (χ2n) is 5.06. The number of aromatic nitrogens is 1.